The van der Waals surface area contributed by atoms with Crippen molar-refractivity contribution in [2.45, 2.75) is 13.3 Å². The molecular formula is C23H28FN5O3. The summed E-state index contributed by atoms with van der Waals surface area (Å²) in [5.41, 5.74) is 2.10. The number of piperazine rings is 1. The van der Waals surface area contributed by atoms with Crippen LogP contribution in [0.5, 0.6) is 0 Å². The van der Waals surface area contributed by atoms with Gasteiger partial charge in [0.2, 0.25) is 5.91 Å². The van der Waals surface area contributed by atoms with Crippen LogP contribution >= 0.6 is 0 Å². The fourth-order valence-corrected chi connectivity index (χ4v) is 3.49. The Bertz CT molecular complexity index is 926. The van der Waals surface area contributed by atoms with E-state index in [1.807, 2.05) is 0 Å². The molecule has 8 nitrogen and oxygen atoms in total. The minimum absolute atomic E-state index is 0.184. The summed E-state index contributed by atoms with van der Waals surface area (Å²) in [5, 5.41) is 7.80. The summed E-state index contributed by atoms with van der Waals surface area (Å²) in [7, 11) is 0. The molecular weight excluding hydrogens is 413 g/mol. The SMILES string of the molecule is CC(=O)Nc1ccc(NC(=O)C(=O)NCCCN2CCN(c3ccc(F)cc3)CC2)cc1. The first-order chi connectivity index (χ1) is 15.4. The smallest absolute Gasteiger partial charge is 0.313 e. The molecule has 1 aliphatic rings. The van der Waals surface area contributed by atoms with Gasteiger partial charge in [-0.25, -0.2) is 4.39 Å². The lowest BCUT2D eigenvalue weighted by atomic mass is 10.2. The van der Waals surface area contributed by atoms with E-state index < -0.39 is 11.8 Å². The number of halogens is 1. The highest BCUT2D eigenvalue weighted by atomic mass is 19.1. The predicted molar refractivity (Wildman–Crippen MR) is 122 cm³/mol. The van der Waals surface area contributed by atoms with E-state index in [0.29, 0.717) is 17.9 Å². The van der Waals surface area contributed by atoms with Crippen molar-refractivity contribution in [1.29, 1.82) is 0 Å². The molecule has 1 fully saturated rings. The Morgan fingerprint density at radius 2 is 1.44 bits per heavy atom. The highest BCUT2D eigenvalue weighted by Crippen LogP contribution is 2.17. The van der Waals surface area contributed by atoms with Crippen molar-refractivity contribution in [2.75, 3.05) is 54.8 Å². The minimum Gasteiger partial charge on any atom is -0.369 e. The van der Waals surface area contributed by atoms with Gasteiger partial charge in [-0.05, 0) is 61.5 Å². The molecule has 1 saturated heterocycles. The highest BCUT2D eigenvalue weighted by Gasteiger charge is 2.17. The number of carbonyl (C=O) groups is 3. The lowest BCUT2D eigenvalue weighted by molar-refractivity contribution is -0.136. The average molecular weight is 442 g/mol. The van der Waals surface area contributed by atoms with E-state index in [2.05, 4.69) is 25.8 Å². The van der Waals surface area contributed by atoms with Crippen LogP contribution in [0.1, 0.15) is 13.3 Å². The number of rotatable bonds is 7. The molecule has 2 aromatic rings. The Balaban J connectivity index is 1.31. The van der Waals surface area contributed by atoms with Gasteiger partial charge in [0, 0.05) is 56.7 Å². The van der Waals surface area contributed by atoms with E-state index >= 15 is 0 Å². The molecule has 170 valence electrons. The highest BCUT2D eigenvalue weighted by molar-refractivity contribution is 6.39. The van der Waals surface area contributed by atoms with Crippen LogP contribution in [-0.4, -0.2) is 61.9 Å². The standard InChI is InChI=1S/C23H28FN5O3/c1-17(30)26-19-5-7-20(8-6-19)27-23(32)22(31)25-11-2-12-28-13-15-29(16-14-28)21-9-3-18(24)4-10-21/h3-10H,2,11-16H2,1H3,(H,25,31)(H,26,30)(H,27,32). The molecule has 0 aromatic heterocycles. The van der Waals surface area contributed by atoms with Crippen LogP contribution in [0.2, 0.25) is 0 Å². The largest absolute Gasteiger partial charge is 0.369 e. The van der Waals surface area contributed by atoms with Crippen LogP contribution in [-0.2, 0) is 14.4 Å². The Labute approximate surface area is 186 Å². The van der Waals surface area contributed by atoms with Gasteiger partial charge in [-0.15, -0.1) is 0 Å². The molecule has 0 aliphatic carbocycles. The number of nitrogens with one attached hydrogen (secondary N) is 3. The van der Waals surface area contributed by atoms with Crippen molar-refractivity contribution in [3.8, 4) is 0 Å². The van der Waals surface area contributed by atoms with Crippen molar-refractivity contribution < 1.29 is 18.8 Å². The average Bonchev–Trinajstić information content (AvgIpc) is 2.78. The van der Waals surface area contributed by atoms with Gasteiger partial charge in [-0.1, -0.05) is 0 Å². The molecule has 1 heterocycles. The fraction of sp³-hybridized carbons (Fsp3) is 0.348. The first kappa shape index (κ1) is 23.2. The van der Waals surface area contributed by atoms with Crippen molar-refractivity contribution in [3.05, 3.63) is 54.3 Å². The zero-order valence-corrected chi connectivity index (χ0v) is 18.1. The summed E-state index contributed by atoms with van der Waals surface area (Å²) in [5.74, 6) is -1.83. The number of nitrogens with zero attached hydrogens (tertiary/aromatic N) is 2. The number of amides is 3. The molecule has 0 spiro atoms. The topological polar surface area (TPSA) is 93.8 Å². The van der Waals surface area contributed by atoms with Gasteiger partial charge in [-0.3, -0.25) is 19.3 Å². The van der Waals surface area contributed by atoms with Gasteiger partial charge >= 0.3 is 11.8 Å². The summed E-state index contributed by atoms with van der Waals surface area (Å²) < 4.78 is 13.1. The Kier molecular flexibility index (Phi) is 8.15. The maximum absolute atomic E-state index is 13.1. The van der Waals surface area contributed by atoms with Crippen molar-refractivity contribution >= 4 is 34.8 Å². The summed E-state index contributed by atoms with van der Waals surface area (Å²) >= 11 is 0. The molecule has 0 atom stereocenters. The van der Waals surface area contributed by atoms with Crippen LogP contribution in [0, 0.1) is 5.82 Å². The minimum atomic E-state index is -0.731. The quantitative estimate of drug-likeness (QED) is 0.452. The number of anilines is 3. The molecule has 2 aromatic carbocycles. The summed E-state index contributed by atoms with van der Waals surface area (Å²) in [6.07, 6.45) is 0.737. The molecule has 0 saturated carbocycles. The third kappa shape index (κ3) is 7.05. The van der Waals surface area contributed by atoms with Gasteiger partial charge in [0.05, 0.1) is 0 Å². The fourth-order valence-electron chi connectivity index (χ4n) is 3.49. The van der Waals surface area contributed by atoms with Crippen LogP contribution < -0.4 is 20.9 Å². The summed E-state index contributed by atoms with van der Waals surface area (Å²) in [6, 6.07) is 13.0. The maximum Gasteiger partial charge on any atom is 0.313 e. The molecule has 32 heavy (non-hydrogen) atoms. The van der Waals surface area contributed by atoms with Gasteiger partial charge in [-0.2, -0.15) is 0 Å². The van der Waals surface area contributed by atoms with Crippen LogP contribution in [0.25, 0.3) is 0 Å². The molecule has 0 radical (unpaired) electrons. The van der Waals surface area contributed by atoms with E-state index in [4.69, 9.17) is 0 Å². The summed E-state index contributed by atoms with van der Waals surface area (Å²) in [4.78, 5) is 39.6. The number of benzene rings is 2. The second-order valence-electron chi connectivity index (χ2n) is 7.63. The number of hydrogen-bond donors (Lipinski definition) is 3. The first-order valence-electron chi connectivity index (χ1n) is 10.6. The van der Waals surface area contributed by atoms with E-state index in [9.17, 15) is 18.8 Å². The molecule has 0 unspecified atom stereocenters. The Morgan fingerprint density at radius 3 is 2.03 bits per heavy atom. The van der Waals surface area contributed by atoms with Crippen molar-refractivity contribution in [1.82, 2.24) is 10.2 Å². The molecule has 3 N–H and O–H groups in total. The number of carbonyl (C=O) groups excluding carboxylic acids is 3. The molecule has 3 amide bonds. The lowest BCUT2D eigenvalue weighted by Gasteiger charge is -2.36. The Morgan fingerprint density at radius 1 is 0.844 bits per heavy atom. The lowest BCUT2D eigenvalue weighted by Crippen LogP contribution is -2.47. The van der Waals surface area contributed by atoms with E-state index in [0.717, 1.165) is 44.8 Å². The van der Waals surface area contributed by atoms with Crippen molar-refractivity contribution in [2.24, 2.45) is 0 Å². The Hall–Kier alpha value is -3.46. The monoisotopic (exact) mass is 441 g/mol. The molecule has 0 bridgehead atoms. The third-order valence-corrected chi connectivity index (χ3v) is 5.17. The molecule has 1 aliphatic heterocycles. The predicted octanol–water partition coefficient (Wildman–Crippen LogP) is 2.05. The van der Waals surface area contributed by atoms with Gasteiger partial charge in [0.15, 0.2) is 0 Å². The van der Waals surface area contributed by atoms with Gasteiger partial charge in [0.1, 0.15) is 5.82 Å². The third-order valence-electron chi connectivity index (χ3n) is 5.17. The van der Waals surface area contributed by atoms with Crippen LogP contribution in [0.4, 0.5) is 21.5 Å². The zero-order valence-electron chi connectivity index (χ0n) is 18.1. The van der Waals surface area contributed by atoms with E-state index in [1.54, 1.807) is 36.4 Å². The second-order valence-corrected chi connectivity index (χ2v) is 7.63. The van der Waals surface area contributed by atoms with Gasteiger partial charge in [0.25, 0.3) is 0 Å². The van der Waals surface area contributed by atoms with E-state index in [1.165, 1.54) is 19.1 Å². The second kappa shape index (κ2) is 11.2. The summed E-state index contributed by atoms with van der Waals surface area (Å²) in [6.45, 7) is 6.15. The normalized spacial score (nSPS) is 14.0. The maximum atomic E-state index is 13.1. The first-order valence-corrected chi connectivity index (χ1v) is 10.6. The molecule has 9 heteroatoms. The molecule has 3 rings (SSSR count). The zero-order chi connectivity index (χ0) is 22.9. The van der Waals surface area contributed by atoms with E-state index in [-0.39, 0.29) is 11.7 Å². The van der Waals surface area contributed by atoms with Crippen molar-refractivity contribution in [3.63, 3.8) is 0 Å². The van der Waals surface area contributed by atoms with Gasteiger partial charge < -0.3 is 20.9 Å². The van der Waals surface area contributed by atoms with Crippen LogP contribution in [0.15, 0.2) is 48.5 Å². The number of hydrogen-bond acceptors (Lipinski definition) is 5. The van der Waals surface area contributed by atoms with Crippen LogP contribution in [0.3, 0.4) is 0 Å².